The smallest absolute Gasteiger partial charge is 0.274 e. The van der Waals surface area contributed by atoms with E-state index in [2.05, 4.69) is 41.4 Å². The molecule has 1 unspecified atom stereocenters. The number of amides is 1. The van der Waals surface area contributed by atoms with Gasteiger partial charge in [0.05, 0.1) is 30.8 Å². The standard InChI is InChI=1S/C22H21Cl2N9O2/c23-16-2-1-3-17(24)15(16)11-30-22(34)21-18(28-10-14-9-26-4-5-35-14)6-19(32-33-21)31-20-12-27-13(7-25)8-29-20/h1-3,6,8,12,14,26H,4-5,9-11H2,(H,30,34)(H2,28,29,31,32). The fourth-order valence-corrected chi connectivity index (χ4v) is 3.80. The maximum Gasteiger partial charge on any atom is 0.274 e. The van der Waals surface area contributed by atoms with Gasteiger partial charge < -0.3 is 26.0 Å². The summed E-state index contributed by atoms with van der Waals surface area (Å²) < 4.78 is 5.73. The number of carbonyl (C=O) groups is 1. The van der Waals surface area contributed by atoms with Gasteiger partial charge in [-0.1, -0.05) is 29.3 Å². The molecule has 13 heteroatoms. The number of hydrogen-bond acceptors (Lipinski definition) is 10. The van der Waals surface area contributed by atoms with Crippen LogP contribution in [0.5, 0.6) is 0 Å². The number of carbonyl (C=O) groups excluding carboxylic acids is 1. The summed E-state index contributed by atoms with van der Waals surface area (Å²) in [5.74, 6) is 0.248. The number of morpholine rings is 1. The second kappa shape index (κ2) is 11.7. The number of nitrogens with zero attached hydrogens (tertiary/aromatic N) is 5. The fourth-order valence-electron chi connectivity index (χ4n) is 3.27. The molecule has 4 N–H and O–H groups in total. The Hall–Kier alpha value is -3.56. The molecule has 4 rings (SSSR count). The molecule has 0 bridgehead atoms. The number of anilines is 3. The maximum atomic E-state index is 13.0. The van der Waals surface area contributed by atoms with Crippen molar-refractivity contribution in [2.75, 3.05) is 36.9 Å². The van der Waals surface area contributed by atoms with E-state index in [4.69, 9.17) is 33.2 Å². The number of nitrogens with one attached hydrogen (secondary N) is 4. The normalized spacial score (nSPS) is 15.2. The van der Waals surface area contributed by atoms with Gasteiger partial charge in [-0.2, -0.15) is 5.26 Å². The molecule has 1 aliphatic rings. The SMILES string of the molecule is N#Cc1cnc(Nc2cc(NCC3CNCCO3)c(C(=O)NCc3c(Cl)cccc3Cl)nn2)cn1. The second-order valence-electron chi connectivity index (χ2n) is 7.48. The number of halogens is 2. The van der Waals surface area contributed by atoms with Gasteiger partial charge in [-0.25, -0.2) is 9.97 Å². The average molecular weight is 514 g/mol. The Balaban J connectivity index is 1.52. The number of aromatic nitrogens is 4. The molecule has 1 aliphatic heterocycles. The molecule has 11 nitrogen and oxygen atoms in total. The monoisotopic (exact) mass is 513 g/mol. The van der Waals surface area contributed by atoms with Crippen molar-refractivity contribution in [2.45, 2.75) is 12.6 Å². The lowest BCUT2D eigenvalue weighted by Gasteiger charge is -2.24. The number of ether oxygens (including phenoxy) is 1. The molecule has 180 valence electrons. The first-order valence-corrected chi connectivity index (χ1v) is 11.4. The lowest BCUT2D eigenvalue weighted by Crippen LogP contribution is -2.42. The van der Waals surface area contributed by atoms with Crippen molar-refractivity contribution < 1.29 is 9.53 Å². The number of nitriles is 1. The molecule has 1 fully saturated rings. The third-order valence-electron chi connectivity index (χ3n) is 5.04. The molecule has 3 heterocycles. The molecule has 2 aromatic heterocycles. The predicted molar refractivity (Wildman–Crippen MR) is 131 cm³/mol. The fraction of sp³-hybridized carbons (Fsp3) is 0.273. The van der Waals surface area contributed by atoms with Gasteiger partial charge in [0.25, 0.3) is 5.91 Å². The summed E-state index contributed by atoms with van der Waals surface area (Å²) in [6.07, 6.45) is 2.67. The average Bonchev–Trinajstić information content (AvgIpc) is 2.88. The first-order valence-electron chi connectivity index (χ1n) is 10.7. The molecule has 0 saturated carbocycles. The van der Waals surface area contributed by atoms with Crippen LogP contribution in [-0.4, -0.2) is 58.4 Å². The lowest BCUT2D eigenvalue weighted by atomic mass is 10.2. The van der Waals surface area contributed by atoms with Crippen LogP contribution in [0.2, 0.25) is 10.0 Å². The molecule has 35 heavy (non-hydrogen) atoms. The minimum atomic E-state index is -0.455. The van der Waals surface area contributed by atoms with Crippen LogP contribution in [0.25, 0.3) is 0 Å². The van der Waals surface area contributed by atoms with E-state index in [0.717, 1.165) is 6.54 Å². The molecule has 0 radical (unpaired) electrons. The molecular formula is C22H21Cl2N9O2. The molecule has 1 aromatic carbocycles. The van der Waals surface area contributed by atoms with Crippen LogP contribution in [-0.2, 0) is 11.3 Å². The van der Waals surface area contributed by atoms with Crippen LogP contribution in [0.3, 0.4) is 0 Å². The largest absolute Gasteiger partial charge is 0.380 e. The van der Waals surface area contributed by atoms with Crippen molar-refractivity contribution in [3.05, 3.63) is 63.7 Å². The van der Waals surface area contributed by atoms with Crippen LogP contribution in [0, 0.1) is 11.3 Å². The Morgan fingerprint density at radius 2 is 2.03 bits per heavy atom. The van der Waals surface area contributed by atoms with E-state index in [1.807, 2.05) is 6.07 Å². The summed E-state index contributed by atoms with van der Waals surface area (Å²) in [5.41, 5.74) is 1.33. The Labute approximate surface area is 211 Å². The highest BCUT2D eigenvalue weighted by Crippen LogP contribution is 2.24. The van der Waals surface area contributed by atoms with Crippen molar-refractivity contribution in [3.63, 3.8) is 0 Å². The van der Waals surface area contributed by atoms with E-state index in [9.17, 15) is 4.79 Å². The van der Waals surface area contributed by atoms with Gasteiger partial charge in [0.1, 0.15) is 11.9 Å². The van der Waals surface area contributed by atoms with Gasteiger partial charge in [0, 0.05) is 47.9 Å². The first-order chi connectivity index (χ1) is 17.0. The Morgan fingerprint density at radius 3 is 2.71 bits per heavy atom. The van der Waals surface area contributed by atoms with E-state index < -0.39 is 5.91 Å². The molecule has 1 saturated heterocycles. The molecule has 1 atom stereocenters. The Bertz CT molecular complexity index is 1210. The number of benzene rings is 1. The molecule has 1 amide bonds. The number of rotatable bonds is 8. The Kier molecular flexibility index (Phi) is 8.23. The van der Waals surface area contributed by atoms with E-state index in [-0.39, 0.29) is 24.0 Å². The molecular weight excluding hydrogens is 493 g/mol. The summed E-state index contributed by atoms with van der Waals surface area (Å²) in [5, 5.41) is 30.2. The minimum Gasteiger partial charge on any atom is -0.380 e. The van der Waals surface area contributed by atoms with E-state index in [1.54, 1.807) is 24.3 Å². The van der Waals surface area contributed by atoms with Gasteiger partial charge in [-0.05, 0) is 12.1 Å². The van der Waals surface area contributed by atoms with Crippen LogP contribution in [0.1, 0.15) is 21.7 Å². The minimum absolute atomic E-state index is 0.0736. The predicted octanol–water partition coefficient (Wildman–Crippen LogP) is 2.52. The second-order valence-corrected chi connectivity index (χ2v) is 8.29. The van der Waals surface area contributed by atoms with Crippen molar-refractivity contribution in [2.24, 2.45) is 0 Å². The summed E-state index contributed by atoms with van der Waals surface area (Å²) in [7, 11) is 0. The lowest BCUT2D eigenvalue weighted by molar-refractivity contribution is 0.0372. The first kappa shape index (κ1) is 24.6. The van der Waals surface area contributed by atoms with Crippen molar-refractivity contribution in [3.8, 4) is 6.07 Å². The van der Waals surface area contributed by atoms with Gasteiger partial charge in [0.2, 0.25) is 0 Å². The maximum absolute atomic E-state index is 13.0. The summed E-state index contributed by atoms with van der Waals surface area (Å²) in [4.78, 5) is 21.1. The Morgan fingerprint density at radius 1 is 1.20 bits per heavy atom. The van der Waals surface area contributed by atoms with Crippen LogP contribution in [0.15, 0.2) is 36.7 Å². The van der Waals surface area contributed by atoms with Crippen molar-refractivity contribution >= 4 is 46.4 Å². The van der Waals surface area contributed by atoms with Crippen LogP contribution < -0.4 is 21.3 Å². The zero-order chi connectivity index (χ0) is 24.6. The van der Waals surface area contributed by atoms with E-state index >= 15 is 0 Å². The third kappa shape index (κ3) is 6.52. The quantitative estimate of drug-likeness (QED) is 0.353. The highest BCUT2D eigenvalue weighted by Gasteiger charge is 2.19. The molecule has 0 aliphatic carbocycles. The van der Waals surface area contributed by atoms with Gasteiger partial charge >= 0.3 is 0 Å². The van der Waals surface area contributed by atoms with E-state index in [1.165, 1.54) is 12.4 Å². The van der Waals surface area contributed by atoms with Gasteiger partial charge in [-0.3, -0.25) is 4.79 Å². The summed E-state index contributed by atoms with van der Waals surface area (Å²) in [6, 6.07) is 8.68. The van der Waals surface area contributed by atoms with Gasteiger partial charge in [0.15, 0.2) is 17.2 Å². The molecule has 0 spiro atoms. The highest BCUT2D eigenvalue weighted by molar-refractivity contribution is 6.36. The van der Waals surface area contributed by atoms with Crippen LogP contribution >= 0.6 is 23.2 Å². The number of hydrogen-bond donors (Lipinski definition) is 4. The van der Waals surface area contributed by atoms with Gasteiger partial charge in [-0.15, -0.1) is 10.2 Å². The van der Waals surface area contributed by atoms with E-state index in [0.29, 0.717) is 52.6 Å². The zero-order valence-corrected chi connectivity index (χ0v) is 19.9. The van der Waals surface area contributed by atoms with Crippen LogP contribution in [0.4, 0.5) is 17.3 Å². The zero-order valence-electron chi connectivity index (χ0n) is 18.4. The third-order valence-corrected chi connectivity index (χ3v) is 5.75. The topological polar surface area (TPSA) is 150 Å². The van der Waals surface area contributed by atoms with Crippen molar-refractivity contribution in [1.29, 1.82) is 5.26 Å². The summed E-state index contributed by atoms with van der Waals surface area (Å²) >= 11 is 12.4. The molecule has 3 aromatic rings. The highest BCUT2D eigenvalue weighted by atomic mass is 35.5. The summed E-state index contributed by atoms with van der Waals surface area (Å²) in [6.45, 7) is 2.66. The van der Waals surface area contributed by atoms with Crippen molar-refractivity contribution in [1.82, 2.24) is 30.8 Å².